The van der Waals surface area contributed by atoms with E-state index in [9.17, 15) is 9.90 Å². The van der Waals surface area contributed by atoms with Gasteiger partial charge in [-0.15, -0.1) is 0 Å². The first-order chi connectivity index (χ1) is 10.1. The SMILES string of the molecule is COCC(O)CN(C)C(=O)Cc1cccc2ccccc12. The Bertz CT molecular complexity index is 607. The fraction of sp³-hybridized carbons (Fsp3) is 0.353. The maximum Gasteiger partial charge on any atom is 0.226 e. The number of aliphatic hydroxyl groups is 1. The molecule has 21 heavy (non-hydrogen) atoms. The Kier molecular flexibility index (Phi) is 5.31. The second kappa shape index (κ2) is 7.20. The summed E-state index contributed by atoms with van der Waals surface area (Å²) in [7, 11) is 3.23. The molecule has 0 saturated carbocycles. The van der Waals surface area contributed by atoms with E-state index in [4.69, 9.17) is 4.74 Å². The van der Waals surface area contributed by atoms with Gasteiger partial charge in [-0.3, -0.25) is 4.79 Å². The first-order valence-electron chi connectivity index (χ1n) is 6.99. The van der Waals surface area contributed by atoms with Crippen LogP contribution >= 0.6 is 0 Å². The third-order valence-electron chi connectivity index (χ3n) is 3.49. The predicted molar refractivity (Wildman–Crippen MR) is 83.2 cm³/mol. The second-order valence-electron chi connectivity index (χ2n) is 5.20. The number of amides is 1. The van der Waals surface area contributed by atoms with Gasteiger partial charge < -0.3 is 14.7 Å². The van der Waals surface area contributed by atoms with Gasteiger partial charge >= 0.3 is 0 Å². The molecule has 1 amide bonds. The predicted octanol–water partition coefficient (Wildman–Crippen LogP) is 1.85. The molecule has 2 aromatic carbocycles. The monoisotopic (exact) mass is 287 g/mol. The van der Waals surface area contributed by atoms with E-state index in [0.717, 1.165) is 16.3 Å². The lowest BCUT2D eigenvalue weighted by Crippen LogP contribution is -2.37. The molecule has 2 rings (SSSR count). The Morgan fingerprint density at radius 1 is 1.24 bits per heavy atom. The quantitative estimate of drug-likeness (QED) is 0.882. The summed E-state index contributed by atoms with van der Waals surface area (Å²) in [5, 5.41) is 11.9. The lowest BCUT2D eigenvalue weighted by atomic mass is 10.0. The minimum Gasteiger partial charge on any atom is -0.389 e. The average Bonchev–Trinajstić information content (AvgIpc) is 2.47. The zero-order valence-electron chi connectivity index (χ0n) is 12.5. The van der Waals surface area contributed by atoms with Crippen LogP contribution in [0.25, 0.3) is 10.8 Å². The summed E-state index contributed by atoms with van der Waals surface area (Å²) >= 11 is 0. The van der Waals surface area contributed by atoms with E-state index in [2.05, 4.69) is 0 Å². The molecular formula is C17H21NO3. The van der Waals surface area contributed by atoms with E-state index >= 15 is 0 Å². The molecule has 1 atom stereocenters. The van der Waals surface area contributed by atoms with E-state index in [-0.39, 0.29) is 19.1 Å². The van der Waals surface area contributed by atoms with Crippen molar-refractivity contribution in [2.45, 2.75) is 12.5 Å². The summed E-state index contributed by atoms with van der Waals surface area (Å²) in [5.74, 6) is -0.0125. The van der Waals surface area contributed by atoms with Gasteiger partial charge in [0, 0.05) is 20.7 Å². The third-order valence-corrected chi connectivity index (χ3v) is 3.49. The Morgan fingerprint density at radius 2 is 1.95 bits per heavy atom. The van der Waals surface area contributed by atoms with E-state index in [1.54, 1.807) is 11.9 Å². The van der Waals surface area contributed by atoms with Gasteiger partial charge in [-0.1, -0.05) is 42.5 Å². The zero-order chi connectivity index (χ0) is 15.2. The number of methoxy groups -OCH3 is 1. The van der Waals surface area contributed by atoms with Crippen LogP contribution in [-0.4, -0.2) is 49.3 Å². The third kappa shape index (κ3) is 4.03. The Balaban J connectivity index is 2.07. The highest BCUT2D eigenvalue weighted by molar-refractivity contribution is 5.90. The zero-order valence-corrected chi connectivity index (χ0v) is 12.5. The first kappa shape index (κ1) is 15.5. The molecule has 0 spiro atoms. The van der Waals surface area contributed by atoms with Gasteiger partial charge in [-0.2, -0.15) is 0 Å². The molecule has 4 nitrogen and oxygen atoms in total. The molecule has 0 saturated heterocycles. The van der Waals surface area contributed by atoms with Crippen molar-refractivity contribution in [3.8, 4) is 0 Å². The van der Waals surface area contributed by atoms with Crippen molar-refractivity contribution < 1.29 is 14.6 Å². The molecule has 0 fully saturated rings. The second-order valence-corrected chi connectivity index (χ2v) is 5.20. The maximum atomic E-state index is 12.3. The standard InChI is InChI=1S/C17H21NO3/c1-18(11-15(19)12-21-2)17(20)10-14-8-5-7-13-6-3-4-9-16(13)14/h3-9,15,19H,10-12H2,1-2H3. The number of benzene rings is 2. The Morgan fingerprint density at radius 3 is 2.71 bits per heavy atom. The number of aliphatic hydroxyl groups excluding tert-OH is 1. The fourth-order valence-electron chi connectivity index (χ4n) is 2.41. The van der Waals surface area contributed by atoms with Gasteiger partial charge in [-0.25, -0.2) is 0 Å². The van der Waals surface area contributed by atoms with Crippen molar-refractivity contribution in [2.24, 2.45) is 0 Å². The van der Waals surface area contributed by atoms with Crippen molar-refractivity contribution in [1.29, 1.82) is 0 Å². The molecule has 1 unspecified atom stereocenters. The highest BCUT2D eigenvalue weighted by atomic mass is 16.5. The topological polar surface area (TPSA) is 49.8 Å². The van der Waals surface area contributed by atoms with Crippen molar-refractivity contribution in [1.82, 2.24) is 4.90 Å². The largest absolute Gasteiger partial charge is 0.389 e. The summed E-state index contributed by atoms with van der Waals surface area (Å²) in [6, 6.07) is 14.0. The van der Waals surface area contributed by atoms with Crippen molar-refractivity contribution in [3.05, 3.63) is 48.0 Å². The lowest BCUT2D eigenvalue weighted by molar-refractivity contribution is -0.130. The van der Waals surface area contributed by atoms with E-state index < -0.39 is 6.10 Å². The first-order valence-corrected chi connectivity index (χ1v) is 6.99. The lowest BCUT2D eigenvalue weighted by Gasteiger charge is -2.21. The van der Waals surface area contributed by atoms with Gasteiger partial charge in [0.2, 0.25) is 5.91 Å². The molecule has 4 heteroatoms. The number of likely N-dealkylation sites (N-methyl/N-ethyl adjacent to an activating group) is 1. The van der Waals surface area contributed by atoms with Crippen LogP contribution in [0.1, 0.15) is 5.56 Å². The molecule has 0 aromatic heterocycles. The van der Waals surface area contributed by atoms with Crippen molar-refractivity contribution in [3.63, 3.8) is 0 Å². The normalized spacial score (nSPS) is 12.3. The Hall–Kier alpha value is -1.91. The summed E-state index contributed by atoms with van der Waals surface area (Å²) < 4.78 is 4.87. The summed E-state index contributed by atoms with van der Waals surface area (Å²) in [5.41, 5.74) is 1.01. The van der Waals surface area contributed by atoms with Crippen LogP contribution in [-0.2, 0) is 16.0 Å². The minimum atomic E-state index is -0.656. The number of carbonyl (C=O) groups excluding carboxylic acids is 1. The number of fused-ring (bicyclic) bond motifs is 1. The molecule has 0 radical (unpaired) electrons. The molecule has 0 aliphatic rings. The summed E-state index contributed by atoms with van der Waals surface area (Å²) in [4.78, 5) is 13.8. The van der Waals surface area contributed by atoms with Crippen LogP contribution in [0.4, 0.5) is 0 Å². The van der Waals surface area contributed by atoms with Crippen LogP contribution in [0, 0.1) is 0 Å². The molecule has 0 bridgehead atoms. The molecule has 0 aliphatic heterocycles. The van der Waals surface area contributed by atoms with Crippen molar-refractivity contribution >= 4 is 16.7 Å². The molecular weight excluding hydrogens is 266 g/mol. The van der Waals surface area contributed by atoms with E-state index in [0.29, 0.717) is 6.42 Å². The number of rotatable bonds is 6. The van der Waals surface area contributed by atoms with E-state index in [1.807, 2.05) is 42.5 Å². The summed E-state index contributed by atoms with van der Waals surface area (Å²) in [6.07, 6.45) is -0.325. The molecule has 1 N–H and O–H groups in total. The number of nitrogens with zero attached hydrogens (tertiary/aromatic N) is 1. The van der Waals surface area contributed by atoms with Gasteiger partial charge in [0.15, 0.2) is 0 Å². The molecule has 2 aromatic rings. The molecule has 0 aliphatic carbocycles. The number of hydrogen-bond donors (Lipinski definition) is 1. The van der Waals surface area contributed by atoms with Gasteiger partial charge in [0.1, 0.15) is 0 Å². The fourth-order valence-corrected chi connectivity index (χ4v) is 2.41. The Labute approximate surface area is 124 Å². The van der Waals surface area contributed by atoms with Crippen LogP contribution in [0.15, 0.2) is 42.5 Å². The van der Waals surface area contributed by atoms with Gasteiger partial charge in [0.25, 0.3) is 0 Å². The van der Waals surface area contributed by atoms with Crippen LogP contribution in [0.2, 0.25) is 0 Å². The highest BCUT2D eigenvalue weighted by Crippen LogP contribution is 2.19. The van der Waals surface area contributed by atoms with E-state index in [1.165, 1.54) is 7.11 Å². The number of hydrogen-bond acceptors (Lipinski definition) is 3. The molecule has 112 valence electrons. The van der Waals surface area contributed by atoms with Crippen LogP contribution < -0.4 is 0 Å². The van der Waals surface area contributed by atoms with Crippen LogP contribution in [0.5, 0.6) is 0 Å². The van der Waals surface area contributed by atoms with Gasteiger partial charge in [0.05, 0.1) is 19.1 Å². The maximum absolute atomic E-state index is 12.3. The number of ether oxygens (including phenoxy) is 1. The number of carbonyl (C=O) groups is 1. The molecule has 0 heterocycles. The van der Waals surface area contributed by atoms with Gasteiger partial charge in [-0.05, 0) is 16.3 Å². The smallest absolute Gasteiger partial charge is 0.226 e. The highest BCUT2D eigenvalue weighted by Gasteiger charge is 2.15. The van der Waals surface area contributed by atoms with Crippen LogP contribution in [0.3, 0.4) is 0 Å². The summed E-state index contributed by atoms with van der Waals surface area (Å²) in [6.45, 7) is 0.503. The average molecular weight is 287 g/mol. The minimum absolute atomic E-state index is 0.0125. The van der Waals surface area contributed by atoms with Crippen molar-refractivity contribution in [2.75, 3.05) is 27.3 Å².